The van der Waals surface area contributed by atoms with Crippen molar-refractivity contribution in [2.45, 2.75) is 63.3 Å². The van der Waals surface area contributed by atoms with Crippen molar-refractivity contribution in [2.24, 2.45) is 11.8 Å². The van der Waals surface area contributed by atoms with Crippen LogP contribution in [0.1, 0.15) is 44.6 Å². The zero-order chi connectivity index (χ0) is 31.0. The topological polar surface area (TPSA) is 94.8 Å². The van der Waals surface area contributed by atoms with E-state index < -0.39 is 23.3 Å². The number of fused-ring (bicyclic) bond motifs is 5. The van der Waals surface area contributed by atoms with Gasteiger partial charge in [-0.3, -0.25) is 9.88 Å². The maximum atomic E-state index is 16.8. The Morgan fingerprint density at radius 2 is 1.89 bits per heavy atom. The molecule has 236 valence electrons. The molecule has 4 aliphatic rings. The number of aliphatic hydroxyl groups is 1. The molecule has 4 atom stereocenters. The van der Waals surface area contributed by atoms with Crippen LogP contribution in [0, 0.1) is 23.5 Å². The van der Waals surface area contributed by atoms with Gasteiger partial charge in [0.1, 0.15) is 41.4 Å². The van der Waals surface area contributed by atoms with E-state index in [2.05, 4.69) is 19.8 Å². The molecule has 2 unspecified atom stereocenters. The fourth-order valence-electron chi connectivity index (χ4n) is 8.56. The number of rotatable bonds is 6. The Balaban J connectivity index is 1.27. The fraction of sp³-hybridized carbons (Fsp3) is 0.500. The molecule has 3 saturated heterocycles. The van der Waals surface area contributed by atoms with Crippen LogP contribution in [0.15, 0.2) is 30.5 Å². The third-order valence-electron chi connectivity index (χ3n) is 10.7. The number of hydrogen-bond donors (Lipinski definition) is 2. The molecule has 8 rings (SSSR count). The van der Waals surface area contributed by atoms with Gasteiger partial charge in [-0.15, -0.1) is 0 Å². The molecule has 11 heteroatoms. The first kappa shape index (κ1) is 28.8. The second kappa shape index (κ2) is 10.7. The minimum Gasteiger partial charge on any atom is -0.508 e. The molecular formula is C34H36F3N5O3. The molecule has 5 heterocycles. The molecule has 2 aromatic heterocycles. The third kappa shape index (κ3) is 4.61. The largest absolute Gasteiger partial charge is 0.508 e. The summed E-state index contributed by atoms with van der Waals surface area (Å²) in [5.41, 5.74) is 0.171. The fourth-order valence-corrected chi connectivity index (χ4v) is 8.56. The number of benzene rings is 2. The average Bonchev–Trinajstić information content (AvgIpc) is 3.60. The number of nitrogens with zero attached hydrogens (tertiary/aromatic N) is 5. The summed E-state index contributed by atoms with van der Waals surface area (Å²) in [4.78, 5) is 18.1. The zero-order valence-corrected chi connectivity index (χ0v) is 25.1. The highest BCUT2D eigenvalue weighted by Gasteiger charge is 2.49. The lowest BCUT2D eigenvalue weighted by molar-refractivity contribution is 0.0790. The number of pyridine rings is 1. The molecule has 3 aliphatic heterocycles. The Morgan fingerprint density at radius 1 is 1.09 bits per heavy atom. The molecule has 0 radical (unpaired) electrons. The lowest BCUT2D eigenvalue weighted by Gasteiger charge is -2.36. The van der Waals surface area contributed by atoms with Crippen LogP contribution in [-0.4, -0.2) is 80.7 Å². The van der Waals surface area contributed by atoms with Crippen LogP contribution in [0.3, 0.4) is 0 Å². The SMILES string of the molecule is CCc1c(F)ccc2cc(O)cc(-c3ncc4c(N5CC6CCC(C5)C6O)nc(OC[C@@]56CCCN5C[C@H](F)C6)nc4c3F)c12. The molecular weight excluding hydrogens is 583 g/mol. The Bertz CT molecular complexity index is 1810. The van der Waals surface area contributed by atoms with Crippen LogP contribution >= 0.6 is 0 Å². The number of ether oxygens (including phenoxy) is 1. The highest BCUT2D eigenvalue weighted by molar-refractivity contribution is 6.01. The number of aliphatic hydroxyl groups excluding tert-OH is 1. The smallest absolute Gasteiger partial charge is 0.319 e. The van der Waals surface area contributed by atoms with Gasteiger partial charge in [-0.1, -0.05) is 13.0 Å². The highest BCUT2D eigenvalue weighted by Crippen LogP contribution is 2.43. The number of phenolic OH excluding ortho intramolecular Hbond substituents is 1. The van der Waals surface area contributed by atoms with Crippen molar-refractivity contribution in [3.8, 4) is 23.0 Å². The van der Waals surface area contributed by atoms with Crippen molar-refractivity contribution in [1.82, 2.24) is 19.9 Å². The van der Waals surface area contributed by atoms with Gasteiger partial charge in [0.2, 0.25) is 0 Å². The molecule has 45 heavy (non-hydrogen) atoms. The van der Waals surface area contributed by atoms with E-state index in [4.69, 9.17) is 9.72 Å². The predicted octanol–water partition coefficient (Wildman–Crippen LogP) is 5.55. The van der Waals surface area contributed by atoms with Crippen LogP contribution < -0.4 is 9.64 Å². The second-order valence-electron chi connectivity index (χ2n) is 13.3. The van der Waals surface area contributed by atoms with Crippen molar-refractivity contribution in [3.05, 3.63) is 47.7 Å². The Labute approximate surface area is 258 Å². The summed E-state index contributed by atoms with van der Waals surface area (Å²) in [6.07, 6.45) is 4.57. The quantitative estimate of drug-likeness (QED) is 0.290. The van der Waals surface area contributed by atoms with E-state index in [0.29, 0.717) is 60.0 Å². The number of halogens is 3. The van der Waals surface area contributed by atoms with E-state index in [1.165, 1.54) is 24.4 Å². The van der Waals surface area contributed by atoms with Gasteiger partial charge >= 0.3 is 6.01 Å². The van der Waals surface area contributed by atoms with Gasteiger partial charge in [-0.2, -0.15) is 9.97 Å². The molecule has 8 nitrogen and oxygen atoms in total. The van der Waals surface area contributed by atoms with Crippen molar-refractivity contribution in [1.29, 1.82) is 0 Å². The number of phenols is 1. The van der Waals surface area contributed by atoms with Crippen LogP contribution in [0.2, 0.25) is 0 Å². The highest BCUT2D eigenvalue weighted by atomic mass is 19.1. The summed E-state index contributed by atoms with van der Waals surface area (Å²) < 4.78 is 52.5. The normalized spacial score (nSPS) is 28.0. The minimum atomic E-state index is -0.918. The second-order valence-corrected chi connectivity index (χ2v) is 13.3. The lowest BCUT2D eigenvalue weighted by Crippen LogP contribution is -2.45. The molecule has 1 aliphatic carbocycles. The standard InChI is InChI=1S/C34H36F3N5O3/c1-2-23-26(36)7-6-18-10-22(43)11-24(27(18)23)29-28(37)30-25(13-38-29)32(41-14-19-4-5-20(15-41)31(19)44)40-33(39-30)45-17-34-8-3-9-42(34)16-21(35)12-34/h6-7,10-11,13,19-21,31,43-44H,2-5,8-9,12,14-17H2,1H3/t19?,20?,21-,31?,34+/m1/s1. The first-order chi connectivity index (χ1) is 21.7. The number of alkyl halides is 1. The van der Waals surface area contributed by atoms with Crippen LogP contribution in [-0.2, 0) is 6.42 Å². The molecule has 2 N–H and O–H groups in total. The Kier molecular flexibility index (Phi) is 6.83. The van der Waals surface area contributed by atoms with Crippen molar-refractivity contribution >= 4 is 27.5 Å². The van der Waals surface area contributed by atoms with Crippen molar-refractivity contribution in [3.63, 3.8) is 0 Å². The maximum absolute atomic E-state index is 16.8. The number of anilines is 1. The summed E-state index contributed by atoms with van der Waals surface area (Å²) in [6.45, 7) is 4.33. The van der Waals surface area contributed by atoms with Gasteiger partial charge in [0.15, 0.2) is 5.82 Å². The monoisotopic (exact) mass is 619 g/mol. The number of piperidine rings is 1. The Morgan fingerprint density at radius 3 is 2.67 bits per heavy atom. The summed E-state index contributed by atoms with van der Waals surface area (Å²) in [5, 5.41) is 22.7. The Hall–Kier alpha value is -3.70. The number of aromatic nitrogens is 3. The summed E-state index contributed by atoms with van der Waals surface area (Å²) in [5.74, 6) is -0.587. The summed E-state index contributed by atoms with van der Waals surface area (Å²) in [6, 6.07) is 5.84. The van der Waals surface area contributed by atoms with Crippen LogP contribution in [0.5, 0.6) is 11.8 Å². The van der Waals surface area contributed by atoms with Crippen molar-refractivity contribution < 1.29 is 28.1 Å². The minimum absolute atomic E-state index is 0.0000173. The summed E-state index contributed by atoms with van der Waals surface area (Å²) in [7, 11) is 0. The first-order valence-electron chi connectivity index (χ1n) is 16.0. The number of hydrogen-bond acceptors (Lipinski definition) is 8. The van der Waals surface area contributed by atoms with Crippen LogP contribution in [0.4, 0.5) is 19.0 Å². The van der Waals surface area contributed by atoms with E-state index in [0.717, 1.165) is 32.2 Å². The number of aromatic hydroxyl groups is 1. The number of aryl methyl sites for hydroxylation is 1. The van der Waals surface area contributed by atoms with Gasteiger partial charge in [0.25, 0.3) is 0 Å². The molecule has 2 aromatic carbocycles. The van der Waals surface area contributed by atoms with Gasteiger partial charge in [-0.05, 0) is 73.2 Å². The molecule has 0 spiro atoms. The van der Waals surface area contributed by atoms with Gasteiger partial charge in [-0.25, -0.2) is 13.2 Å². The van der Waals surface area contributed by atoms with Crippen molar-refractivity contribution in [2.75, 3.05) is 37.7 Å². The van der Waals surface area contributed by atoms with Gasteiger partial charge in [0.05, 0.1) is 17.0 Å². The zero-order valence-electron chi connectivity index (χ0n) is 25.1. The molecule has 2 bridgehead atoms. The van der Waals surface area contributed by atoms with Gasteiger partial charge < -0.3 is 19.8 Å². The predicted molar refractivity (Wildman–Crippen MR) is 164 cm³/mol. The van der Waals surface area contributed by atoms with E-state index in [-0.39, 0.29) is 53.1 Å². The average molecular weight is 620 g/mol. The lowest BCUT2D eigenvalue weighted by atomic mass is 9.94. The third-order valence-corrected chi connectivity index (χ3v) is 10.7. The molecule has 1 saturated carbocycles. The molecule has 4 aromatic rings. The molecule has 0 amide bonds. The van der Waals surface area contributed by atoms with Gasteiger partial charge in [0, 0.05) is 49.7 Å². The van der Waals surface area contributed by atoms with E-state index in [1.54, 1.807) is 6.07 Å². The van der Waals surface area contributed by atoms with Crippen LogP contribution in [0.25, 0.3) is 32.9 Å². The first-order valence-corrected chi connectivity index (χ1v) is 16.0. The maximum Gasteiger partial charge on any atom is 0.319 e. The molecule has 4 fully saturated rings. The summed E-state index contributed by atoms with van der Waals surface area (Å²) >= 11 is 0. The van der Waals surface area contributed by atoms with E-state index >= 15 is 4.39 Å². The van der Waals surface area contributed by atoms with E-state index in [9.17, 15) is 19.0 Å². The van der Waals surface area contributed by atoms with E-state index in [1.807, 2.05) is 6.92 Å².